The van der Waals surface area contributed by atoms with Gasteiger partial charge in [0.1, 0.15) is 22.4 Å². The van der Waals surface area contributed by atoms with Crippen LogP contribution in [0.4, 0.5) is 5.82 Å². The van der Waals surface area contributed by atoms with Crippen molar-refractivity contribution in [2.75, 3.05) is 5.32 Å². The number of anilines is 1. The molecule has 120 valence electrons. The molecule has 0 amide bonds. The van der Waals surface area contributed by atoms with E-state index in [0.717, 1.165) is 38.7 Å². The minimum Gasteiger partial charge on any atom is -0.365 e. The van der Waals surface area contributed by atoms with Gasteiger partial charge in [-0.15, -0.1) is 0 Å². The first kappa shape index (κ1) is 13.8. The lowest BCUT2D eigenvalue weighted by atomic mass is 10.1. The van der Waals surface area contributed by atoms with Crippen molar-refractivity contribution in [1.82, 2.24) is 29.5 Å². The maximum Gasteiger partial charge on any atom is 0.135 e. The van der Waals surface area contributed by atoms with E-state index in [0.29, 0.717) is 6.54 Å². The van der Waals surface area contributed by atoms with Crippen molar-refractivity contribution in [2.45, 2.75) is 6.54 Å². The summed E-state index contributed by atoms with van der Waals surface area (Å²) in [5, 5.41) is 10.0. The lowest BCUT2D eigenvalue weighted by Crippen LogP contribution is -2.02. The quantitative estimate of drug-likeness (QED) is 0.549. The molecule has 1 N–H and O–H groups in total. The van der Waals surface area contributed by atoms with Crippen LogP contribution in [0.2, 0.25) is 0 Å². The highest BCUT2D eigenvalue weighted by atomic mass is 15.2. The Morgan fingerprint density at radius 3 is 2.72 bits per heavy atom. The number of hydrogen-bond donors (Lipinski definition) is 1. The number of hydrogen-bond acceptors (Lipinski definition) is 6. The largest absolute Gasteiger partial charge is 0.365 e. The summed E-state index contributed by atoms with van der Waals surface area (Å²) in [6.07, 6.45) is 12.5. The van der Waals surface area contributed by atoms with Gasteiger partial charge >= 0.3 is 0 Å². The molecule has 0 saturated carbocycles. The Labute approximate surface area is 142 Å². The molecule has 5 aromatic rings. The van der Waals surface area contributed by atoms with E-state index in [-0.39, 0.29) is 0 Å². The SMILES string of the molecule is c1cncc(CNc2nc3c(nn4ccncc34)c3cnccc23)c1. The van der Waals surface area contributed by atoms with E-state index in [1.54, 1.807) is 29.3 Å². The third kappa shape index (κ3) is 2.25. The molecule has 0 saturated heterocycles. The monoisotopic (exact) mass is 327 g/mol. The van der Waals surface area contributed by atoms with Crippen molar-refractivity contribution in [2.24, 2.45) is 0 Å². The fraction of sp³-hybridized carbons (Fsp3) is 0.0556. The van der Waals surface area contributed by atoms with Crippen LogP contribution in [0.1, 0.15) is 5.56 Å². The molecule has 0 fully saturated rings. The Hall–Kier alpha value is -3.61. The van der Waals surface area contributed by atoms with Crippen LogP contribution < -0.4 is 5.32 Å². The maximum absolute atomic E-state index is 4.82. The van der Waals surface area contributed by atoms with Crippen molar-refractivity contribution in [1.29, 1.82) is 0 Å². The second-order valence-corrected chi connectivity index (χ2v) is 5.70. The molecule has 25 heavy (non-hydrogen) atoms. The number of pyridine rings is 3. The first-order valence-electron chi connectivity index (χ1n) is 7.89. The number of aromatic nitrogens is 6. The summed E-state index contributed by atoms with van der Waals surface area (Å²) in [7, 11) is 0. The summed E-state index contributed by atoms with van der Waals surface area (Å²) in [4.78, 5) is 17.4. The Balaban J connectivity index is 1.72. The van der Waals surface area contributed by atoms with Crippen LogP contribution in [0.3, 0.4) is 0 Å². The molecule has 0 unspecified atom stereocenters. The fourth-order valence-electron chi connectivity index (χ4n) is 2.96. The Bertz CT molecular complexity index is 1200. The third-order valence-corrected chi connectivity index (χ3v) is 4.15. The smallest absolute Gasteiger partial charge is 0.135 e. The van der Waals surface area contributed by atoms with E-state index in [9.17, 15) is 0 Å². The van der Waals surface area contributed by atoms with Gasteiger partial charge in [0.25, 0.3) is 0 Å². The normalized spacial score (nSPS) is 11.4. The van der Waals surface area contributed by atoms with Gasteiger partial charge in [0.2, 0.25) is 0 Å². The molecular weight excluding hydrogens is 314 g/mol. The number of fused-ring (bicyclic) bond motifs is 5. The average molecular weight is 327 g/mol. The standard InChI is InChI=1S/C18H13N7/c1-2-12(8-19-4-1)9-22-18-13-3-5-20-10-14(13)16-17(23-18)15-11-21-6-7-25(15)24-16/h1-8,10-11H,9H2,(H,22,23). The summed E-state index contributed by atoms with van der Waals surface area (Å²) in [5.41, 5.74) is 3.59. The van der Waals surface area contributed by atoms with Gasteiger partial charge in [0, 0.05) is 54.5 Å². The van der Waals surface area contributed by atoms with Gasteiger partial charge in [0.15, 0.2) is 0 Å². The van der Waals surface area contributed by atoms with E-state index in [2.05, 4.69) is 25.4 Å². The second kappa shape index (κ2) is 5.48. The molecule has 5 aromatic heterocycles. The summed E-state index contributed by atoms with van der Waals surface area (Å²) in [5.74, 6) is 0.799. The number of nitrogens with one attached hydrogen (secondary N) is 1. The average Bonchev–Trinajstić information content (AvgIpc) is 3.06. The van der Waals surface area contributed by atoms with Gasteiger partial charge in [-0.1, -0.05) is 6.07 Å². The summed E-state index contributed by atoms with van der Waals surface area (Å²) >= 11 is 0. The van der Waals surface area contributed by atoms with Crippen molar-refractivity contribution < 1.29 is 0 Å². The van der Waals surface area contributed by atoms with Crippen molar-refractivity contribution in [3.63, 3.8) is 0 Å². The first-order chi connectivity index (χ1) is 12.4. The molecule has 0 bridgehead atoms. The van der Waals surface area contributed by atoms with E-state index in [1.165, 1.54) is 0 Å². The van der Waals surface area contributed by atoms with Gasteiger partial charge in [-0.2, -0.15) is 5.10 Å². The molecule has 0 aromatic carbocycles. The zero-order chi connectivity index (χ0) is 16.6. The minimum atomic E-state index is 0.640. The third-order valence-electron chi connectivity index (χ3n) is 4.15. The molecule has 5 heterocycles. The van der Waals surface area contributed by atoms with Crippen LogP contribution in [-0.4, -0.2) is 29.5 Å². The molecular formula is C18H13N7. The van der Waals surface area contributed by atoms with E-state index in [4.69, 9.17) is 4.98 Å². The summed E-state index contributed by atoms with van der Waals surface area (Å²) in [6.45, 7) is 0.640. The van der Waals surface area contributed by atoms with Crippen LogP contribution in [-0.2, 0) is 6.54 Å². The van der Waals surface area contributed by atoms with Crippen LogP contribution >= 0.6 is 0 Å². The molecule has 5 rings (SSSR count). The van der Waals surface area contributed by atoms with Crippen LogP contribution in [0, 0.1) is 0 Å². The van der Waals surface area contributed by atoms with Gasteiger partial charge in [-0.3, -0.25) is 15.0 Å². The van der Waals surface area contributed by atoms with Gasteiger partial charge in [-0.25, -0.2) is 9.50 Å². The number of nitrogens with zero attached hydrogens (tertiary/aromatic N) is 6. The fourth-order valence-corrected chi connectivity index (χ4v) is 2.96. The Kier molecular flexibility index (Phi) is 3.03. The zero-order valence-electron chi connectivity index (χ0n) is 13.2. The van der Waals surface area contributed by atoms with E-state index >= 15 is 0 Å². The van der Waals surface area contributed by atoms with Crippen LogP contribution in [0.15, 0.2) is 61.6 Å². The van der Waals surface area contributed by atoms with E-state index < -0.39 is 0 Å². The predicted molar refractivity (Wildman–Crippen MR) is 95.2 cm³/mol. The molecule has 0 atom stereocenters. The molecule has 0 aliphatic rings. The number of rotatable bonds is 3. The van der Waals surface area contributed by atoms with Gasteiger partial charge in [-0.05, 0) is 17.7 Å². The van der Waals surface area contributed by atoms with Gasteiger partial charge < -0.3 is 5.32 Å². The predicted octanol–water partition coefficient (Wildman–Crippen LogP) is 2.83. The Morgan fingerprint density at radius 2 is 1.80 bits per heavy atom. The highest BCUT2D eigenvalue weighted by Gasteiger charge is 2.14. The van der Waals surface area contributed by atoms with Crippen molar-refractivity contribution >= 4 is 33.1 Å². The van der Waals surface area contributed by atoms with Crippen molar-refractivity contribution in [3.8, 4) is 0 Å². The molecule has 0 aliphatic heterocycles. The van der Waals surface area contributed by atoms with Crippen LogP contribution in [0.25, 0.3) is 27.3 Å². The summed E-state index contributed by atoms with van der Waals surface area (Å²) < 4.78 is 1.79. The highest BCUT2D eigenvalue weighted by Crippen LogP contribution is 2.30. The Morgan fingerprint density at radius 1 is 0.880 bits per heavy atom. The lowest BCUT2D eigenvalue weighted by molar-refractivity contribution is 0.965. The highest BCUT2D eigenvalue weighted by molar-refractivity contribution is 6.11. The minimum absolute atomic E-state index is 0.640. The van der Waals surface area contributed by atoms with Crippen LogP contribution in [0.5, 0.6) is 0 Å². The lowest BCUT2D eigenvalue weighted by Gasteiger charge is -2.09. The topological polar surface area (TPSA) is 80.9 Å². The second-order valence-electron chi connectivity index (χ2n) is 5.70. The van der Waals surface area contributed by atoms with Gasteiger partial charge in [0.05, 0.1) is 6.20 Å². The maximum atomic E-state index is 4.82. The molecule has 0 spiro atoms. The summed E-state index contributed by atoms with van der Waals surface area (Å²) in [6, 6.07) is 5.91. The van der Waals surface area contributed by atoms with Crippen molar-refractivity contribution in [3.05, 3.63) is 67.1 Å². The molecule has 7 heteroatoms. The molecule has 0 radical (unpaired) electrons. The molecule has 0 aliphatic carbocycles. The first-order valence-corrected chi connectivity index (χ1v) is 7.89. The zero-order valence-corrected chi connectivity index (χ0v) is 13.2. The van der Waals surface area contributed by atoms with E-state index in [1.807, 2.05) is 36.8 Å². The molecule has 7 nitrogen and oxygen atoms in total.